The van der Waals surface area contributed by atoms with E-state index in [4.69, 9.17) is 5.73 Å². The van der Waals surface area contributed by atoms with Crippen LogP contribution in [-0.4, -0.2) is 58.3 Å². The van der Waals surface area contributed by atoms with E-state index < -0.39 is 66.4 Å². The van der Waals surface area contributed by atoms with E-state index in [1.165, 1.54) is 24.0 Å². The molecule has 5 rings (SSSR count). The summed E-state index contributed by atoms with van der Waals surface area (Å²) in [5.41, 5.74) is 3.09. The highest BCUT2D eigenvalue weighted by atomic mass is 32.1. The highest BCUT2D eigenvalue weighted by Crippen LogP contribution is 2.45. The summed E-state index contributed by atoms with van der Waals surface area (Å²) in [6.45, 7) is 0.842. The molecule has 2 unspecified atom stereocenters. The molecule has 0 aliphatic carbocycles. The van der Waals surface area contributed by atoms with Crippen molar-refractivity contribution in [3.63, 3.8) is 0 Å². The molecule has 2 aromatic heterocycles. The Morgan fingerprint density at radius 2 is 1.90 bits per heavy atom. The van der Waals surface area contributed by atoms with Crippen molar-refractivity contribution in [3.8, 4) is 11.5 Å². The Kier molecular flexibility index (Phi) is 6.74. The summed E-state index contributed by atoms with van der Waals surface area (Å²) in [7, 11) is 0. The molecule has 2 aliphatic rings. The molecule has 216 valence electrons. The van der Waals surface area contributed by atoms with Crippen LogP contribution >= 0.6 is 11.3 Å². The van der Waals surface area contributed by atoms with Gasteiger partial charge in [-0.3, -0.25) is 14.5 Å². The normalized spacial score (nSPS) is 21.8. The number of likely N-dealkylation sites (tertiary alicyclic amines) is 1. The fourth-order valence-corrected chi connectivity index (χ4v) is 5.44. The van der Waals surface area contributed by atoms with Crippen molar-refractivity contribution in [2.24, 2.45) is 5.73 Å². The minimum atomic E-state index is -4.97. The number of rotatable bonds is 5. The average molecular weight is 595 g/mol. The fourth-order valence-electron chi connectivity index (χ4n) is 4.56. The van der Waals surface area contributed by atoms with Crippen molar-refractivity contribution < 1.29 is 45.0 Å². The number of carbonyl (C=O) groups is 1. The standard InChI is InChI=1S/C23H20F7N5O4S/c1-9(18(36)34-20-33-13-5-14-15(6-16(13)40-20)39-23(29,30)38-14)35-3-2-21(24,25)12(8-35)10-4-11(19(37)32-7-10)17(31)22(26,27)28/h4-7,9,12,17H,2-3,8,31H2,1H3,(H,32,37)(H,33,34,36)/t9-,12?,17?/m0/s1. The number of benzene rings is 1. The molecular formula is C23H20F7N5O4S. The third-order valence-corrected chi connectivity index (χ3v) is 7.71. The number of thiazole rings is 1. The Morgan fingerprint density at radius 3 is 2.58 bits per heavy atom. The summed E-state index contributed by atoms with van der Waals surface area (Å²) in [6, 6.07) is -0.407. The number of hydrogen-bond donors (Lipinski definition) is 3. The summed E-state index contributed by atoms with van der Waals surface area (Å²) in [4.78, 5) is 32.6. The van der Waals surface area contributed by atoms with Crippen LogP contribution in [0.4, 0.5) is 35.9 Å². The number of halogens is 7. The molecule has 17 heteroatoms. The first-order valence-corrected chi connectivity index (χ1v) is 12.5. The molecule has 1 aromatic carbocycles. The maximum Gasteiger partial charge on any atom is 0.586 e. The number of fused-ring (bicyclic) bond motifs is 2. The number of piperidine rings is 1. The van der Waals surface area contributed by atoms with Crippen molar-refractivity contribution in [2.75, 3.05) is 18.4 Å². The zero-order valence-corrected chi connectivity index (χ0v) is 21.1. The molecule has 40 heavy (non-hydrogen) atoms. The monoisotopic (exact) mass is 595 g/mol. The Balaban J connectivity index is 1.32. The summed E-state index contributed by atoms with van der Waals surface area (Å²) in [6.07, 6.45) is -8.55. The average Bonchev–Trinajstić information content (AvgIpc) is 3.37. The molecule has 0 saturated carbocycles. The Morgan fingerprint density at radius 1 is 1.23 bits per heavy atom. The lowest BCUT2D eigenvalue weighted by atomic mass is 9.86. The van der Waals surface area contributed by atoms with E-state index in [1.54, 1.807) is 0 Å². The molecule has 9 nitrogen and oxygen atoms in total. The van der Waals surface area contributed by atoms with E-state index in [0.717, 1.165) is 23.6 Å². The number of aromatic nitrogens is 2. The van der Waals surface area contributed by atoms with Gasteiger partial charge in [-0.25, -0.2) is 13.8 Å². The van der Waals surface area contributed by atoms with Crippen molar-refractivity contribution >= 4 is 32.6 Å². The van der Waals surface area contributed by atoms with Crippen LogP contribution in [0, 0.1) is 0 Å². The number of H-pyrrole nitrogens is 1. The molecule has 1 fully saturated rings. The topological polar surface area (TPSA) is 123 Å². The van der Waals surface area contributed by atoms with Crippen LogP contribution in [0.3, 0.4) is 0 Å². The molecule has 1 amide bonds. The number of aromatic amines is 1. The second-order valence-corrected chi connectivity index (χ2v) is 10.4. The second kappa shape index (κ2) is 9.59. The van der Waals surface area contributed by atoms with Crippen LogP contribution in [0.1, 0.15) is 36.4 Å². The second-order valence-electron chi connectivity index (χ2n) is 9.41. The zero-order chi connectivity index (χ0) is 29.2. The SMILES string of the molecule is C[C@@H](C(=O)Nc1nc2cc3c(cc2s1)OC(F)(F)O3)N1CCC(F)(F)C(c2c[nH]c(=O)c(C(N)C(F)(F)F)c2)C1. The van der Waals surface area contributed by atoms with E-state index in [2.05, 4.69) is 24.8 Å². The summed E-state index contributed by atoms with van der Waals surface area (Å²) >= 11 is 0.961. The Bertz CT molecular complexity index is 1480. The van der Waals surface area contributed by atoms with Crippen LogP contribution in [0.2, 0.25) is 0 Å². The number of amides is 1. The Labute approximate surface area is 224 Å². The molecule has 4 N–H and O–H groups in total. The summed E-state index contributed by atoms with van der Waals surface area (Å²) in [5.74, 6) is -6.03. The van der Waals surface area contributed by atoms with Crippen molar-refractivity contribution in [1.82, 2.24) is 14.9 Å². The van der Waals surface area contributed by atoms with Gasteiger partial charge in [-0.05, 0) is 18.6 Å². The molecular weight excluding hydrogens is 575 g/mol. The van der Waals surface area contributed by atoms with E-state index in [0.29, 0.717) is 4.70 Å². The first kappa shape index (κ1) is 28.1. The van der Waals surface area contributed by atoms with Gasteiger partial charge in [0.15, 0.2) is 16.6 Å². The first-order valence-electron chi connectivity index (χ1n) is 11.7. The van der Waals surface area contributed by atoms with Crippen LogP contribution < -0.4 is 26.1 Å². The van der Waals surface area contributed by atoms with Crippen LogP contribution in [0.5, 0.6) is 11.5 Å². The number of ether oxygens (including phenoxy) is 2. The van der Waals surface area contributed by atoms with E-state index in [9.17, 15) is 40.3 Å². The molecule has 0 bridgehead atoms. The molecule has 0 spiro atoms. The number of anilines is 1. The van der Waals surface area contributed by atoms with Crippen molar-refractivity contribution in [3.05, 3.63) is 45.9 Å². The molecule has 2 aliphatic heterocycles. The third-order valence-electron chi connectivity index (χ3n) is 6.77. The van der Waals surface area contributed by atoms with Crippen LogP contribution in [0.25, 0.3) is 10.2 Å². The van der Waals surface area contributed by atoms with Gasteiger partial charge < -0.3 is 25.5 Å². The third kappa shape index (κ3) is 5.32. The largest absolute Gasteiger partial charge is 0.586 e. The molecule has 1 saturated heterocycles. The molecule has 3 atom stereocenters. The first-order chi connectivity index (χ1) is 18.5. The molecule has 3 aromatic rings. The van der Waals surface area contributed by atoms with Gasteiger partial charge >= 0.3 is 12.5 Å². The van der Waals surface area contributed by atoms with Gasteiger partial charge in [-0.15, -0.1) is 8.78 Å². The number of nitrogens with two attached hydrogens (primary N) is 1. The van der Waals surface area contributed by atoms with Gasteiger partial charge in [-0.1, -0.05) is 11.3 Å². The lowest BCUT2D eigenvalue weighted by molar-refractivity contribution is -0.286. The van der Waals surface area contributed by atoms with E-state index >= 15 is 0 Å². The fraction of sp³-hybridized carbons (Fsp3) is 0.435. The number of nitrogens with zero attached hydrogens (tertiary/aromatic N) is 2. The summed E-state index contributed by atoms with van der Waals surface area (Å²) in [5, 5.41) is 2.67. The number of carbonyl (C=O) groups excluding carboxylic acids is 1. The highest BCUT2D eigenvalue weighted by Gasteiger charge is 2.48. The van der Waals surface area contributed by atoms with Gasteiger partial charge in [0, 0.05) is 43.4 Å². The van der Waals surface area contributed by atoms with Gasteiger partial charge in [0.05, 0.1) is 22.2 Å². The smallest absolute Gasteiger partial charge is 0.395 e. The predicted octanol–water partition coefficient (Wildman–Crippen LogP) is 4.32. The van der Waals surface area contributed by atoms with Crippen LogP contribution in [-0.2, 0) is 4.79 Å². The number of hydrogen-bond acceptors (Lipinski definition) is 8. The maximum atomic E-state index is 14.9. The summed E-state index contributed by atoms with van der Waals surface area (Å²) < 4.78 is 105. The number of pyridine rings is 1. The zero-order valence-electron chi connectivity index (χ0n) is 20.3. The van der Waals surface area contributed by atoms with E-state index in [-0.39, 0.29) is 34.3 Å². The van der Waals surface area contributed by atoms with Crippen LogP contribution in [0.15, 0.2) is 29.2 Å². The predicted molar refractivity (Wildman–Crippen MR) is 128 cm³/mol. The van der Waals surface area contributed by atoms with E-state index in [1.807, 2.05) is 0 Å². The lowest BCUT2D eigenvalue weighted by Crippen LogP contribution is -2.52. The van der Waals surface area contributed by atoms with Gasteiger partial charge in [0.1, 0.15) is 6.04 Å². The maximum absolute atomic E-state index is 14.9. The molecule has 0 radical (unpaired) electrons. The number of nitrogens with one attached hydrogen (secondary N) is 2. The quantitative estimate of drug-likeness (QED) is 0.376. The Hall–Kier alpha value is -3.44. The van der Waals surface area contributed by atoms with Crippen molar-refractivity contribution in [2.45, 2.75) is 49.7 Å². The van der Waals surface area contributed by atoms with Crippen molar-refractivity contribution in [1.29, 1.82) is 0 Å². The lowest BCUT2D eigenvalue weighted by Gasteiger charge is -2.40. The minimum absolute atomic E-state index is 0.104. The van der Waals surface area contributed by atoms with Gasteiger partial charge in [-0.2, -0.15) is 13.2 Å². The number of alkyl halides is 7. The molecule has 4 heterocycles. The van der Waals surface area contributed by atoms with Gasteiger partial charge in [0.2, 0.25) is 5.91 Å². The van der Waals surface area contributed by atoms with Gasteiger partial charge in [0.25, 0.3) is 11.5 Å². The minimum Gasteiger partial charge on any atom is -0.395 e. The highest BCUT2D eigenvalue weighted by molar-refractivity contribution is 7.22.